The molecule has 2 N–H and O–H groups in total. The minimum Gasteiger partial charge on any atom is -0.325 e. The second kappa shape index (κ2) is 7.73. The van der Waals surface area contributed by atoms with Crippen LogP contribution in [0.2, 0.25) is 0 Å². The molecule has 2 heterocycles. The zero-order valence-electron chi connectivity index (χ0n) is 12.3. The number of anilines is 1. The molecule has 1 aliphatic rings. The molecule has 2 rings (SSSR count). The SMILES string of the molecule is CC(=O)Nc1ccsc1CNCCN1CCN(C)CC1. The molecule has 0 saturated carbocycles. The molecular formula is C14H24N4OS. The van der Waals surface area contributed by atoms with E-state index in [9.17, 15) is 4.79 Å². The van der Waals surface area contributed by atoms with Crippen LogP contribution >= 0.6 is 11.3 Å². The molecule has 0 radical (unpaired) electrons. The Bertz CT molecular complexity index is 427. The van der Waals surface area contributed by atoms with Gasteiger partial charge in [0.2, 0.25) is 5.91 Å². The molecule has 1 amide bonds. The van der Waals surface area contributed by atoms with Crippen molar-refractivity contribution in [2.75, 3.05) is 51.6 Å². The van der Waals surface area contributed by atoms with Gasteiger partial charge in [0.25, 0.3) is 0 Å². The van der Waals surface area contributed by atoms with E-state index < -0.39 is 0 Å². The van der Waals surface area contributed by atoms with Gasteiger partial charge < -0.3 is 15.5 Å². The second-order valence-electron chi connectivity index (χ2n) is 5.26. The highest BCUT2D eigenvalue weighted by atomic mass is 32.1. The van der Waals surface area contributed by atoms with Gasteiger partial charge in [0.15, 0.2) is 0 Å². The number of piperazine rings is 1. The Hall–Kier alpha value is -0.950. The summed E-state index contributed by atoms with van der Waals surface area (Å²) in [7, 11) is 2.18. The van der Waals surface area contributed by atoms with Gasteiger partial charge in [-0.05, 0) is 18.5 Å². The first-order chi connectivity index (χ1) is 9.65. The van der Waals surface area contributed by atoms with Crippen molar-refractivity contribution >= 4 is 22.9 Å². The number of carbonyl (C=O) groups is 1. The molecule has 0 aromatic carbocycles. The van der Waals surface area contributed by atoms with Gasteiger partial charge >= 0.3 is 0 Å². The van der Waals surface area contributed by atoms with Crippen LogP contribution in [0.3, 0.4) is 0 Å². The van der Waals surface area contributed by atoms with Crippen molar-refractivity contribution in [2.24, 2.45) is 0 Å². The Morgan fingerprint density at radius 1 is 1.35 bits per heavy atom. The third-order valence-corrected chi connectivity index (χ3v) is 4.46. The van der Waals surface area contributed by atoms with Gasteiger partial charge in [-0.15, -0.1) is 11.3 Å². The van der Waals surface area contributed by atoms with Crippen LogP contribution in [0, 0.1) is 0 Å². The van der Waals surface area contributed by atoms with Crippen molar-refractivity contribution < 1.29 is 4.79 Å². The first-order valence-corrected chi connectivity index (χ1v) is 7.98. The normalized spacial score (nSPS) is 17.3. The van der Waals surface area contributed by atoms with E-state index in [0.29, 0.717) is 0 Å². The van der Waals surface area contributed by atoms with Crippen LogP contribution in [0.25, 0.3) is 0 Å². The van der Waals surface area contributed by atoms with Crippen LogP contribution < -0.4 is 10.6 Å². The van der Waals surface area contributed by atoms with E-state index in [1.165, 1.54) is 4.88 Å². The minimum absolute atomic E-state index is 0.0120. The number of hydrogen-bond donors (Lipinski definition) is 2. The smallest absolute Gasteiger partial charge is 0.221 e. The molecule has 0 aliphatic carbocycles. The maximum atomic E-state index is 11.1. The van der Waals surface area contributed by atoms with E-state index in [-0.39, 0.29) is 5.91 Å². The molecule has 0 atom stereocenters. The number of amides is 1. The first kappa shape index (κ1) is 15.4. The molecule has 1 fully saturated rings. The van der Waals surface area contributed by atoms with Crippen LogP contribution in [0.5, 0.6) is 0 Å². The lowest BCUT2D eigenvalue weighted by atomic mass is 10.3. The summed E-state index contributed by atoms with van der Waals surface area (Å²) in [6, 6.07) is 1.96. The van der Waals surface area contributed by atoms with Gasteiger partial charge in [-0.1, -0.05) is 0 Å². The first-order valence-electron chi connectivity index (χ1n) is 7.10. The van der Waals surface area contributed by atoms with Gasteiger partial charge in [-0.2, -0.15) is 0 Å². The van der Waals surface area contributed by atoms with Crippen LogP contribution in [0.4, 0.5) is 5.69 Å². The monoisotopic (exact) mass is 296 g/mol. The predicted molar refractivity (Wildman–Crippen MR) is 84.3 cm³/mol. The summed E-state index contributed by atoms with van der Waals surface area (Å²) in [6.45, 7) is 9.09. The van der Waals surface area contributed by atoms with Gasteiger partial charge in [-0.3, -0.25) is 9.69 Å². The summed E-state index contributed by atoms with van der Waals surface area (Å²) in [5, 5.41) is 8.34. The van der Waals surface area contributed by atoms with Crippen molar-refractivity contribution in [3.63, 3.8) is 0 Å². The van der Waals surface area contributed by atoms with E-state index in [0.717, 1.165) is 51.5 Å². The second-order valence-corrected chi connectivity index (χ2v) is 6.26. The molecule has 112 valence electrons. The molecule has 5 nitrogen and oxygen atoms in total. The maximum absolute atomic E-state index is 11.1. The van der Waals surface area contributed by atoms with Crippen molar-refractivity contribution in [3.05, 3.63) is 16.3 Å². The molecule has 1 aromatic heterocycles. The fourth-order valence-electron chi connectivity index (χ4n) is 2.29. The molecule has 0 bridgehead atoms. The summed E-state index contributed by atoms with van der Waals surface area (Å²) < 4.78 is 0. The largest absolute Gasteiger partial charge is 0.325 e. The van der Waals surface area contributed by atoms with E-state index in [4.69, 9.17) is 0 Å². The lowest BCUT2D eigenvalue weighted by Crippen LogP contribution is -2.46. The molecular weight excluding hydrogens is 272 g/mol. The Balaban J connectivity index is 1.66. The Labute approximate surface area is 124 Å². The van der Waals surface area contributed by atoms with Crippen LogP contribution in [0.1, 0.15) is 11.8 Å². The lowest BCUT2D eigenvalue weighted by molar-refractivity contribution is -0.114. The summed E-state index contributed by atoms with van der Waals surface area (Å²) in [5.74, 6) is -0.0120. The number of likely N-dealkylation sites (N-methyl/N-ethyl adjacent to an activating group) is 1. The number of thiophene rings is 1. The molecule has 6 heteroatoms. The highest BCUT2D eigenvalue weighted by Gasteiger charge is 2.12. The zero-order chi connectivity index (χ0) is 14.4. The molecule has 0 unspecified atom stereocenters. The molecule has 1 aliphatic heterocycles. The molecule has 1 aromatic rings. The number of carbonyl (C=O) groups excluding carboxylic acids is 1. The lowest BCUT2D eigenvalue weighted by Gasteiger charge is -2.32. The molecule has 1 saturated heterocycles. The highest BCUT2D eigenvalue weighted by Crippen LogP contribution is 2.21. The summed E-state index contributed by atoms with van der Waals surface area (Å²) >= 11 is 1.68. The average Bonchev–Trinajstić information content (AvgIpc) is 2.83. The Kier molecular flexibility index (Phi) is 5.97. The average molecular weight is 296 g/mol. The predicted octanol–water partition coefficient (Wildman–Crippen LogP) is 1.04. The van der Waals surface area contributed by atoms with Gasteiger partial charge in [-0.25, -0.2) is 0 Å². The van der Waals surface area contributed by atoms with Crippen LogP contribution in [-0.2, 0) is 11.3 Å². The molecule has 20 heavy (non-hydrogen) atoms. The van der Waals surface area contributed by atoms with Crippen LogP contribution in [0.15, 0.2) is 11.4 Å². The van der Waals surface area contributed by atoms with Crippen molar-refractivity contribution in [1.29, 1.82) is 0 Å². The third kappa shape index (κ3) is 4.86. The fraction of sp³-hybridized carbons (Fsp3) is 0.643. The van der Waals surface area contributed by atoms with E-state index >= 15 is 0 Å². The van der Waals surface area contributed by atoms with Gasteiger partial charge in [0, 0.05) is 57.6 Å². The minimum atomic E-state index is -0.0120. The third-order valence-electron chi connectivity index (χ3n) is 3.54. The quantitative estimate of drug-likeness (QED) is 0.770. The summed E-state index contributed by atoms with van der Waals surface area (Å²) in [5.41, 5.74) is 0.939. The summed E-state index contributed by atoms with van der Waals surface area (Å²) in [4.78, 5) is 17.1. The van der Waals surface area contributed by atoms with Crippen molar-refractivity contribution in [3.8, 4) is 0 Å². The number of nitrogens with one attached hydrogen (secondary N) is 2. The maximum Gasteiger partial charge on any atom is 0.221 e. The molecule has 0 spiro atoms. The fourth-order valence-corrected chi connectivity index (χ4v) is 3.09. The van der Waals surface area contributed by atoms with E-state index in [2.05, 4.69) is 27.5 Å². The van der Waals surface area contributed by atoms with E-state index in [1.54, 1.807) is 18.3 Å². The Morgan fingerprint density at radius 3 is 2.80 bits per heavy atom. The Morgan fingerprint density at radius 2 is 2.10 bits per heavy atom. The summed E-state index contributed by atoms with van der Waals surface area (Å²) in [6.07, 6.45) is 0. The van der Waals surface area contributed by atoms with E-state index in [1.807, 2.05) is 11.4 Å². The van der Waals surface area contributed by atoms with Gasteiger partial charge in [0.1, 0.15) is 0 Å². The number of hydrogen-bond acceptors (Lipinski definition) is 5. The standard InChI is InChI=1S/C14H24N4OS/c1-12(19)16-13-3-10-20-14(13)11-15-4-5-18-8-6-17(2)7-9-18/h3,10,15H,4-9,11H2,1-2H3,(H,16,19). The van der Waals surface area contributed by atoms with Crippen LogP contribution in [-0.4, -0.2) is 62.0 Å². The number of nitrogens with zero attached hydrogens (tertiary/aromatic N) is 2. The van der Waals surface area contributed by atoms with Gasteiger partial charge in [0.05, 0.1) is 5.69 Å². The number of rotatable bonds is 6. The van der Waals surface area contributed by atoms with Crippen molar-refractivity contribution in [1.82, 2.24) is 15.1 Å². The topological polar surface area (TPSA) is 47.6 Å². The van der Waals surface area contributed by atoms with Crippen molar-refractivity contribution in [2.45, 2.75) is 13.5 Å². The highest BCUT2D eigenvalue weighted by molar-refractivity contribution is 7.10. The zero-order valence-corrected chi connectivity index (χ0v) is 13.1.